The van der Waals surface area contributed by atoms with Crippen LogP contribution in [0.2, 0.25) is 0 Å². The van der Waals surface area contributed by atoms with Crippen molar-refractivity contribution in [3.05, 3.63) is 60.4 Å². The molecule has 0 saturated heterocycles. The van der Waals surface area contributed by atoms with Crippen LogP contribution >= 0.6 is 0 Å². The van der Waals surface area contributed by atoms with Gasteiger partial charge in [0.25, 0.3) is 0 Å². The number of nitrogens with one attached hydrogen (secondary N) is 1. The van der Waals surface area contributed by atoms with Gasteiger partial charge >= 0.3 is 0 Å². The predicted octanol–water partition coefficient (Wildman–Crippen LogP) is 3.02. The average molecular weight is 309 g/mol. The molecule has 118 valence electrons. The highest BCUT2D eigenvalue weighted by Crippen LogP contribution is 2.30. The monoisotopic (exact) mass is 309 g/mol. The SMILES string of the molecule is COc1ccccc1NC(C)(C)c1nnnn1-c1ccccc1. The van der Waals surface area contributed by atoms with E-state index in [2.05, 4.69) is 20.8 Å². The van der Waals surface area contributed by atoms with Gasteiger partial charge in [0.2, 0.25) is 0 Å². The fraction of sp³-hybridized carbons (Fsp3) is 0.235. The summed E-state index contributed by atoms with van der Waals surface area (Å²) in [5.41, 5.74) is 1.32. The summed E-state index contributed by atoms with van der Waals surface area (Å²) in [6.07, 6.45) is 0. The molecule has 0 fully saturated rings. The van der Waals surface area contributed by atoms with E-state index in [0.717, 1.165) is 22.9 Å². The van der Waals surface area contributed by atoms with Crippen LogP contribution in [0.25, 0.3) is 5.69 Å². The lowest BCUT2D eigenvalue weighted by Crippen LogP contribution is -2.32. The quantitative estimate of drug-likeness (QED) is 0.785. The van der Waals surface area contributed by atoms with Crippen LogP contribution in [-0.4, -0.2) is 27.3 Å². The Bertz CT molecular complexity index is 782. The molecule has 0 amide bonds. The summed E-state index contributed by atoms with van der Waals surface area (Å²) in [7, 11) is 1.65. The topological polar surface area (TPSA) is 64.9 Å². The maximum absolute atomic E-state index is 5.40. The third-order valence-electron chi connectivity index (χ3n) is 3.58. The first kappa shape index (κ1) is 15.0. The summed E-state index contributed by atoms with van der Waals surface area (Å²) in [6.45, 7) is 4.06. The minimum absolute atomic E-state index is 0.492. The van der Waals surface area contributed by atoms with E-state index in [1.54, 1.807) is 11.8 Å². The first-order valence-corrected chi connectivity index (χ1v) is 7.37. The maximum atomic E-state index is 5.40. The molecule has 0 aliphatic rings. The Morgan fingerprint density at radius 2 is 1.70 bits per heavy atom. The first-order chi connectivity index (χ1) is 11.1. The molecule has 3 rings (SSSR count). The number of aromatic nitrogens is 4. The molecule has 0 atom stereocenters. The van der Waals surface area contributed by atoms with Crippen LogP contribution in [0.5, 0.6) is 5.75 Å². The Balaban J connectivity index is 1.96. The summed E-state index contributed by atoms with van der Waals surface area (Å²) in [6, 6.07) is 17.6. The fourth-order valence-corrected chi connectivity index (χ4v) is 2.46. The molecule has 0 spiro atoms. The molecule has 3 aromatic rings. The molecule has 0 radical (unpaired) electrons. The summed E-state index contributed by atoms with van der Waals surface area (Å²) in [4.78, 5) is 0. The normalized spacial score (nSPS) is 11.3. The van der Waals surface area contributed by atoms with E-state index in [0.29, 0.717) is 0 Å². The number of para-hydroxylation sites is 3. The second-order valence-electron chi connectivity index (χ2n) is 5.70. The van der Waals surface area contributed by atoms with Gasteiger partial charge in [-0.05, 0) is 48.5 Å². The Morgan fingerprint density at radius 3 is 2.43 bits per heavy atom. The van der Waals surface area contributed by atoms with Crippen molar-refractivity contribution in [2.45, 2.75) is 19.4 Å². The minimum atomic E-state index is -0.492. The maximum Gasteiger partial charge on any atom is 0.181 e. The van der Waals surface area contributed by atoms with Crippen molar-refractivity contribution in [2.24, 2.45) is 0 Å². The summed E-state index contributed by atoms with van der Waals surface area (Å²) >= 11 is 0. The van der Waals surface area contributed by atoms with E-state index in [1.165, 1.54) is 0 Å². The molecular weight excluding hydrogens is 290 g/mol. The molecule has 1 heterocycles. The number of ether oxygens (including phenoxy) is 1. The zero-order valence-electron chi connectivity index (χ0n) is 13.4. The summed E-state index contributed by atoms with van der Waals surface area (Å²) in [5, 5.41) is 15.6. The van der Waals surface area contributed by atoms with Crippen LogP contribution in [0.15, 0.2) is 54.6 Å². The Labute approximate surface area is 135 Å². The van der Waals surface area contributed by atoms with Gasteiger partial charge in [0.1, 0.15) is 5.75 Å². The molecule has 0 aliphatic carbocycles. The number of hydrogen-bond donors (Lipinski definition) is 1. The van der Waals surface area contributed by atoms with Crippen LogP contribution in [0.1, 0.15) is 19.7 Å². The highest BCUT2D eigenvalue weighted by molar-refractivity contribution is 5.58. The van der Waals surface area contributed by atoms with Crippen LogP contribution in [0, 0.1) is 0 Å². The van der Waals surface area contributed by atoms with Crippen molar-refractivity contribution in [3.63, 3.8) is 0 Å². The van der Waals surface area contributed by atoms with E-state index < -0.39 is 5.54 Å². The highest BCUT2D eigenvalue weighted by Gasteiger charge is 2.29. The van der Waals surface area contributed by atoms with Gasteiger partial charge < -0.3 is 10.1 Å². The van der Waals surface area contributed by atoms with Crippen LogP contribution in [-0.2, 0) is 5.54 Å². The van der Waals surface area contributed by atoms with Crippen molar-refractivity contribution < 1.29 is 4.74 Å². The second kappa shape index (κ2) is 6.08. The lowest BCUT2D eigenvalue weighted by atomic mass is 10.0. The van der Waals surface area contributed by atoms with Crippen LogP contribution in [0.4, 0.5) is 5.69 Å². The molecule has 1 aromatic heterocycles. The van der Waals surface area contributed by atoms with Crippen molar-refractivity contribution in [1.29, 1.82) is 0 Å². The zero-order valence-corrected chi connectivity index (χ0v) is 13.4. The molecule has 2 aromatic carbocycles. The standard InChI is InChI=1S/C17H19N5O/c1-17(2,18-14-11-7-8-12-15(14)23-3)16-19-20-21-22(16)13-9-5-4-6-10-13/h4-12,18H,1-3H3. The largest absolute Gasteiger partial charge is 0.495 e. The average Bonchev–Trinajstić information content (AvgIpc) is 3.06. The van der Waals surface area contributed by atoms with Gasteiger partial charge in [-0.1, -0.05) is 30.3 Å². The molecule has 6 nitrogen and oxygen atoms in total. The number of methoxy groups -OCH3 is 1. The van der Waals surface area contributed by atoms with E-state index in [4.69, 9.17) is 4.74 Å². The Hall–Kier alpha value is -2.89. The molecule has 0 aliphatic heterocycles. The summed E-state index contributed by atoms with van der Waals surface area (Å²) in [5.74, 6) is 1.49. The molecular formula is C17H19N5O. The second-order valence-corrected chi connectivity index (χ2v) is 5.70. The van der Waals surface area contributed by atoms with Crippen molar-refractivity contribution in [2.75, 3.05) is 12.4 Å². The Morgan fingerprint density at radius 1 is 1.00 bits per heavy atom. The molecule has 6 heteroatoms. The van der Waals surface area contributed by atoms with Gasteiger partial charge in [0.15, 0.2) is 5.82 Å². The van der Waals surface area contributed by atoms with E-state index in [-0.39, 0.29) is 0 Å². The Kier molecular flexibility index (Phi) is 3.97. The smallest absolute Gasteiger partial charge is 0.181 e. The summed E-state index contributed by atoms with van der Waals surface area (Å²) < 4.78 is 7.14. The predicted molar refractivity (Wildman–Crippen MR) is 88.8 cm³/mol. The van der Waals surface area contributed by atoms with Gasteiger partial charge in [0, 0.05) is 0 Å². The number of nitrogens with zero attached hydrogens (tertiary/aromatic N) is 4. The lowest BCUT2D eigenvalue weighted by molar-refractivity contribution is 0.414. The third-order valence-corrected chi connectivity index (χ3v) is 3.58. The first-order valence-electron chi connectivity index (χ1n) is 7.37. The van der Waals surface area contributed by atoms with E-state index in [1.807, 2.05) is 68.4 Å². The van der Waals surface area contributed by atoms with Gasteiger partial charge in [-0.3, -0.25) is 0 Å². The third kappa shape index (κ3) is 3.01. The van der Waals surface area contributed by atoms with E-state index in [9.17, 15) is 0 Å². The van der Waals surface area contributed by atoms with Gasteiger partial charge in [-0.2, -0.15) is 4.68 Å². The van der Waals surface area contributed by atoms with Crippen molar-refractivity contribution >= 4 is 5.69 Å². The lowest BCUT2D eigenvalue weighted by Gasteiger charge is -2.27. The number of benzene rings is 2. The van der Waals surface area contributed by atoms with Crippen LogP contribution in [0.3, 0.4) is 0 Å². The van der Waals surface area contributed by atoms with Crippen molar-refractivity contribution in [3.8, 4) is 11.4 Å². The molecule has 0 unspecified atom stereocenters. The van der Waals surface area contributed by atoms with E-state index >= 15 is 0 Å². The highest BCUT2D eigenvalue weighted by atomic mass is 16.5. The minimum Gasteiger partial charge on any atom is -0.495 e. The van der Waals surface area contributed by atoms with Gasteiger partial charge in [-0.25, -0.2) is 0 Å². The molecule has 1 N–H and O–H groups in total. The number of rotatable bonds is 5. The van der Waals surface area contributed by atoms with Crippen molar-refractivity contribution in [1.82, 2.24) is 20.2 Å². The fourth-order valence-electron chi connectivity index (χ4n) is 2.46. The van der Waals surface area contributed by atoms with Crippen LogP contribution < -0.4 is 10.1 Å². The zero-order chi connectivity index (χ0) is 16.3. The number of anilines is 1. The van der Waals surface area contributed by atoms with Gasteiger partial charge in [0.05, 0.1) is 24.0 Å². The molecule has 0 saturated carbocycles. The molecule has 23 heavy (non-hydrogen) atoms. The van der Waals surface area contributed by atoms with Gasteiger partial charge in [-0.15, -0.1) is 5.10 Å². The molecule has 0 bridgehead atoms. The number of tetrazole rings is 1. The number of hydrogen-bond acceptors (Lipinski definition) is 5.